The first kappa shape index (κ1) is 22.0. The third-order valence-corrected chi connectivity index (χ3v) is 11.8. The zero-order valence-corrected chi connectivity index (χ0v) is 20.3. The summed E-state index contributed by atoms with van der Waals surface area (Å²) < 4.78 is 13.1. The van der Waals surface area contributed by atoms with Crippen LogP contribution in [0, 0.1) is 52.3 Å². The number of Topliss-reactive ketones (excluding diaryl/α,β-unsaturated/α-hetero) is 1. The molecule has 8 unspecified atom stereocenters. The van der Waals surface area contributed by atoms with Crippen LogP contribution in [0.3, 0.4) is 0 Å². The number of ether oxygens (including phenoxy) is 2. The number of ketones is 1. The quantitative estimate of drug-likeness (QED) is 0.589. The third-order valence-electron chi connectivity index (χ3n) is 11.8. The van der Waals surface area contributed by atoms with Crippen LogP contribution in [0.15, 0.2) is 0 Å². The molecule has 5 heteroatoms. The minimum atomic E-state index is -0.890. The first-order chi connectivity index (χ1) is 15.1. The normalized spacial score (nSPS) is 61.8. The van der Waals surface area contributed by atoms with E-state index >= 15 is 0 Å². The van der Waals surface area contributed by atoms with E-state index in [1.54, 1.807) is 0 Å². The highest BCUT2D eigenvalue weighted by molar-refractivity contribution is 5.91. The molecule has 13 atom stereocenters. The topological polar surface area (TPSA) is 76.0 Å². The summed E-state index contributed by atoms with van der Waals surface area (Å²) in [5.74, 6) is 1.47. The van der Waals surface area contributed by atoms with Crippen LogP contribution >= 0.6 is 0 Å². The Morgan fingerprint density at radius 1 is 0.969 bits per heavy atom. The van der Waals surface area contributed by atoms with Crippen molar-refractivity contribution < 1.29 is 24.5 Å². The Morgan fingerprint density at radius 3 is 2.47 bits per heavy atom. The molecule has 4 saturated carbocycles. The molecule has 5 nitrogen and oxygen atoms in total. The summed E-state index contributed by atoms with van der Waals surface area (Å²) in [4.78, 5) is 14.1. The molecular formula is C27H42O5. The molecule has 2 saturated heterocycles. The molecule has 6 fully saturated rings. The van der Waals surface area contributed by atoms with Gasteiger partial charge in [-0.15, -0.1) is 0 Å². The van der Waals surface area contributed by atoms with E-state index in [4.69, 9.17) is 9.47 Å². The van der Waals surface area contributed by atoms with E-state index in [0.717, 1.165) is 58.0 Å². The van der Waals surface area contributed by atoms with Crippen molar-refractivity contribution in [3.05, 3.63) is 0 Å². The van der Waals surface area contributed by atoms with Gasteiger partial charge in [-0.2, -0.15) is 0 Å². The summed E-state index contributed by atoms with van der Waals surface area (Å²) >= 11 is 0. The maximum atomic E-state index is 14.1. The Labute approximate surface area is 192 Å². The highest BCUT2D eigenvalue weighted by atomic mass is 16.7. The minimum absolute atomic E-state index is 0.0224. The molecule has 0 radical (unpaired) electrons. The van der Waals surface area contributed by atoms with Gasteiger partial charge in [0.1, 0.15) is 6.10 Å². The average Bonchev–Trinajstić information content (AvgIpc) is 3.20. The van der Waals surface area contributed by atoms with Gasteiger partial charge in [-0.25, -0.2) is 0 Å². The van der Waals surface area contributed by atoms with Gasteiger partial charge in [0.2, 0.25) is 0 Å². The number of aliphatic hydroxyl groups excluding tert-OH is 2. The first-order valence-corrected chi connectivity index (χ1v) is 13.3. The molecule has 6 aliphatic rings. The van der Waals surface area contributed by atoms with E-state index < -0.39 is 17.3 Å². The van der Waals surface area contributed by atoms with Crippen molar-refractivity contribution in [3.8, 4) is 0 Å². The largest absolute Gasteiger partial charge is 0.393 e. The van der Waals surface area contributed by atoms with Gasteiger partial charge < -0.3 is 19.7 Å². The van der Waals surface area contributed by atoms with Crippen LogP contribution < -0.4 is 0 Å². The van der Waals surface area contributed by atoms with Gasteiger partial charge in [0.05, 0.1) is 18.8 Å². The SMILES string of the molecule is CC1CCC2(OC1)O[C@H]1CC3C4CC[C@H]5C[C@@H](O)CC[C@]5(C)C4C(O)C(=O)[C@]3(C)C1C2C. The van der Waals surface area contributed by atoms with Gasteiger partial charge in [-0.1, -0.05) is 27.7 Å². The van der Waals surface area contributed by atoms with Gasteiger partial charge in [0, 0.05) is 29.6 Å². The van der Waals surface area contributed by atoms with Crippen molar-refractivity contribution in [3.63, 3.8) is 0 Å². The number of rotatable bonds is 0. The standard InChI is InChI=1S/C27H42O5/c1-14-7-10-27(31-13-14)15(2)21-20(32-27)12-19-18-6-5-16-11-17(28)8-9-25(16,3)22(18)23(29)24(30)26(19,21)4/h14-23,28-29H,5-13H2,1-4H3/t14?,15?,16-,17-,18?,19?,20-,21?,22?,23?,25-,26-,27?/m0/s1. The average molecular weight is 447 g/mol. The molecule has 0 aromatic rings. The summed E-state index contributed by atoms with van der Waals surface area (Å²) in [6.45, 7) is 9.67. The summed E-state index contributed by atoms with van der Waals surface area (Å²) in [6.07, 6.45) is 6.60. The zero-order valence-electron chi connectivity index (χ0n) is 20.3. The molecule has 1 spiro atoms. The van der Waals surface area contributed by atoms with Gasteiger partial charge in [-0.3, -0.25) is 4.79 Å². The number of hydrogen-bond donors (Lipinski definition) is 2. The maximum absolute atomic E-state index is 14.1. The van der Waals surface area contributed by atoms with Crippen molar-refractivity contribution in [2.75, 3.05) is 6.61 Å². The van der Waals surface area contributed by atoms with Crippen molar-refractivity contribution in [2.24, 2.45) is 52.3 Å². The van der Waals surface area contributed by atoms with Crippen molar-refractivity contribution >= 4 is 5.78 Å². The highest BCUT2D eigenvalue weighted by Gasteiger charge is 2.73. The molecule has 32 heavy (non-hydrogen) atoms. The fourth-order valence-corrected chi connectivity index (χ4v) is 10.1. The zero-order chi connectivity index (χ0) is 22.6. The van der Waals surface area contributed by atoms with Crippen molar-refractivity contribution in [1.29, 1.82) is 0 Å². The molecule has 2 N–H and O–H groups in total. The van der Waals surface area contributed by atoms with Gasteiger partial charge in [0.25, 0.3) is 0 Å². The molecule has 180 valence electrons. The lowest BCUT2D eigenvalue weighted by molar-refractivity contribution is -0.273. The van der Waals surface area contributed by atoms with Crippen molar-refractivity contribution in [2.45, 2.75) is 103 Å². The highest BCUT2D eigenvalue weighted by Crippen LogP contribution is 2.70. The van der Waals surface area contributed by atoms with Crippen LogP contribution in [0.25, 0.3) is 0 Å². The number of aliphatic hydroxyl groups is 2. The Morgan fingerprint density at radius 2 is 1.75 bits per heavy atom. The fourth-order valence-electron chi connectivity index (χ4n) is 10.1. The maximum Gasteiger partial charge on any atom is 0.171 e. The summed E-state index contributed by atoms with van der Waals surface area (Å²) in [7, 11) is 0. The lowest BCUT2D eigenvalue weighted by atomic mass is 9.43. The Bertz CT molecular complexity index is 789. The van der Waals surface area contributed by atoms with E-state index in [9.17, 15) is 15.0 Å². The molecule has 4 aliphatic carbocycles. The summed E-state index contributed by atoms with van der Waals surface area (Å²) in [6, 6.07) is 0. The second-order valence-corrected chi connectivity index (χ2v) is 13.1. The molecular weight excluding hydrogens is 404 g/mol. The number of hydrogen-bond acceptors (Lipinski definition) is 5. The van der Waals surface area contributed by atoms with Gasteiger partial charge in [-0.05, 0) is 74.0 Å². The smallest absolute Gasteiger partial charge is 0.171 e. The predicted molar refractivity (Wildman–Crippen MR) is 120 cm³/mol. The lowest BCUT2D eigenvalue weighted by Crippen LogP contribution is -2.64. The van der Waals surface area contributed by atoms with Crippen LogP contribution in [-0.4, -0.2) is 46.7 Å². The van der Waals surface area contributed by atoms with Crippen LogP contribution in [0.1, 0.15) is 79.1 Å². The minimum Gasteiger partial charge on any atom is -0.393 e. The number of fused-ring (bicyclic) bond motifs is 7. The molecule has 6 rings (SSSR count). The monoisotopic (exact) mass is 446 g/mol. The lowest BCUT2D eigenvalue weighted by Gasteiger charge is -2.61. The number of carbonyl (C=O) groups is 1. The Kier molecular flexibility index (Phi) is 4.83. The van der Waals surface area contributed by atoms with E-state index in [1.165, 1.54) is 0 Å². The van der Waals surface area contributed by atoms with E-state index in [2.05, 4.69) is 27.7 Å². The second kappa shape index (κ2) is 7.02. The third kappa shape index (κ3) is 2.63. The summed E-state index contributed by atoms with van der Waals surface area (Å²) in [5.41, 5.74) is -0.579. The summed E-state index contributed by atoms with van der Waals surface area (Å²) in [5, 5.41) is 21.9. The van der Waals surface area contributed by atoms with E-state index in [0.29, 0.717) is 17.8 Å². The molecule has 0 aromatic heterocycles. The van der Waals surface area contributed by atoms with Gasteiger partial charge in [0.15, 0.2) is 11.6 Å². The van der Waals surface area contributed by atoms with Crippen LogP contribution in [-0.2, 0) is 14.3 Å². The molecule has 0 amide bonds. The van der Waals surface area contributed by atoms with E-state index in [-0.39, 0.29) is 47.1 Å². The molecule has 2 heterocycles. The predicted octanol–water partition coefficient (Wildman–Crippen LogP) is 3.94. The molecule has 2 aliphatic heterocycles. The molecule has 0 aromatic carbocycles. The first-order valence-electron chi connectivity index (χ1n) is 13.3. The Hall–Kier alpha value is -0.490. The van der Waals surface area contributed by atoms with Crippen molar-refractivity contribution in [1.82, 2.24) is 0 Å². The van der Waals surface area contributed by atoms with E-state index in [1.807, 2.05) is 0 Å². The Balaban J connectivity index is 1.34. The molecule has 0 bridgehead atoms. The van der Waals surface area contributed by atoms with Crippen LogP contribution in [0.4, 0.5) is 0 Å². The fraction of sp³-hybridized carbons (Fsp3) is 0.963. The number of carbonyl (C=O) groups excluding carboxylic acids is 1. The van der Waals surface area contributed by atoms with Crippen LogP contribution in [0.2, 0.25) is 0 Å². The second-order valence-electron chi connectivity index (χ2n) is 13.1. The van der Waals surface area contributed by atoms with Gasteiger partial charge >= 0.3 is 0 Å². The van der Waals surface area contributed by atoms with Crippen LogP contribution in [0.5, 0.6) is 0 Å².